The summed E-state index contributed by atoms with van der Waals surface area (Å²) < 4.78 is 56.0. The van der Waals surface area contributed by atoms with Gasteiger partial charge in [-0.15, -0.1) is 0 Å². The number of phenolic OH excluding ortho intramolecular Hbond substituents is 1. The molecule has 10 heteroatoms. The number of nitrogens with one attached hydrogen (secondary N) is 1. The van der Waals surface area contributed by atoms with Crippen molar-refractivity contribution in [1.29, 1.82) is 0 Å². The van der Waals surface area contributed by atoms with Crippen LogP contribution in [-0.2, 0) is 12.6 Å². The number of halogens is 4. The molecular weight excluding hydrogens is 474 g/mol. The van der Waals surface area contributed by atoms with Crippen molar-refractivity contribution in [2.75, 3.05) is 37.4 Å². The quantitative estimate of drug-likeness (QED) is 0.412. The van der Waals surface area contributed by atoms with Crippen LogP contribution in [0.3, 0.4) is 0 Å². The van der Waals surface area contributed by atoms with E-state index in [1.165, 1.54) is 24.3 Å². The van der Waals surface area contributed by atoms with E-state index >= 15 is 0 Å². The fourth-order valence-corrected chi connectivity index (χ4v) is 4.48. The number of alkyl halides is 3. The number of aryl methyl sites for hydroxylation is 1. The van der Waals surface area contributed by atoms with Crippen molar-refractivity contribution < 1.29 is 22.7 Å². The Morgan fingerprint density at radius 3 is 2.44 bits per heavy atom. The third-order valence-electron chi connectivity index (χ3n) is 6.57. The lowest BCUT2D eigenvalue weighted by Crippen LogP contribution is -2.42. The molecule has 1 aromatic heterocycles. The summed E-state index contributed by atoms with van der Waals surface area (Å²) in [6.45, 7) is 3.27. The minimum atomic E-state index is -4.67. The number of benzene rings is 2. The maximum absolute atomic E-state index is 15.0. The highest BCUT2D eigenvalue weighted by Gasteiger charge is 2.35. The van der Waals surface area contributed by atoms with Gasteiger partial charge in [-0.3, -0.25) is 0 Å². The van der Waals surface area contributed by atoms with E-state index in [2.05, 4.69) is 20.2 Å². The Kier molecular flexibility index (Phi) is 7.35. The number of hydrogen-bond acceptors (Lipinski definition) is 6. The number of rotatable bonds is 6. The van der Waals surface area contributed by atoms with Crippen LogP contribution in [0.5, 0.6) is 5.75 Å². The Labute approximate surface area is 207 Å². The lowest BCUT2D eigenvalue weighted by Gasteiger charge is -2.36. The smallest absolute Gasteiger partial charge is 0.419 e. The van der Waals surface area contributed by atoms with Gasteiger partial charge < -0.3 is 20.2 Å². The van der Waals surface area contributed by atoms with Crippen LogP contribution in [-0.4, -0.2) is 53.2 Å². The fourth-order valence-electron chi connectivity index (χ4n) is 4.48. The van der Waals surface area contributed by atoms with Crippen molar-refractivity contribution >= 4 is 17.3 Å². The highest BCUT2D eigenvalue weighted by Crippen LogP contribution is 2.37. The van der Waals surface area contributed by atoms with Gasteiger partial charge in [0, 0.05) is 36.6 Å². The standard InChI is InChI=1S/C26H29F4N5O/c1-4-16-13-17(5-8-23(16)36)24-20(26(28,29)30)15-31-25(33-24)32-18-6-7-22(21(27)14-18)35-11-9-19(10-12-35)34(2)3/h5-8,13-15,19,36H,4,9-12H2,1-3H3,(H,31,32,33). The average molecular weight is 504 g/mol. The Morgan fingerprint density at radius 2 is 1.83 bits per heavy atom. The molecule has 2 N–H and O–H groups in total. The molecule has 0 radical (unpaired) electrons. The van der Waals surface area contributed by atoms with E-state index in [1.807, 2.05) is 19.0 Å². The summed E-state index contributed by atoms with van der Waals surface area (Å²) in [6, 6.07) is 9.29. The molecule has 0 spiro atoms. The maximum Gasteiger partial charge on any atom is 0.419 e. The summed E-state index contributed by atoms with van der Waals surface area (Å²) in [5.74, 6) is -0.520. The van der Waals surface area contributed by atoms with Crippen molar-refractivity contribution in [2.45, 2.75) is 38.4 Å². The zero-order valence-corrected chi connectivity index (χ0v) is 20.4. The molecule has 0 unspecified atom stereocenters. The number of aromatic nitrogens is 2. The summed E-state index contributed by atoms with van der Waals surface area (Å²) in [5.41, 5.74) is 0.193. The van der Waals surface area contributed by atoms with Crippen LogP contribution in [0.15, 0.2) is 42.6 Å². The molecule has 2 heterocycles. The Bertz CT molecular complexity index is 1220. The first-order valence-corrected chi connectivity index (χ1v) is 11.8. The van der Waals surface area contributed by atoms with Crippen LogP contribution in [0.25, 0.3) is 11.3 Å². The number of nitrogens with zero attached hydrogens (tertiary/aromatic N) is 4. The molecule has 0 aliphatic carbocycles. The topological polar surface area (TPSA) is 64.5 Å². The van der Waals surface area contributed by atoms with Gasteiger partial charge in [0.05, 0.1) is 11.4 Å². The number of aromatic hydroxyl groups is 1. The molecule has 0 atom stereocenters. The van der Waals surface area contributed by atoms with E-state index in [4.69, 9.17) is 0 Å². The zero-order chi connectivity index (χ0) is 26.0. The zero-order valence-electron chi connectivity index (χ0n) is 20.4. The van der Waals surface area contributed by atoms with Gasteiger partial charge in [0.15, 0.2) is 0 Å². The van der Waals surface area contributed by atoms with E-state index in [0.717, 1.165) is 25.9 Å². The van der Waals surface area contributed by atoms with E-state index < -0.39 is 17.6 Å². The van der Waals surface area contributed by atoms with Crippen LogP contribution in [0.4, 0.5) is 34.9 Å². The van der Waals surface area contributed by atoms with Gasteiger partial charge in [0.25, 0.3) is 0 Å². The minimum absolute atomic E-state index is 0.00344. The molecule has 0 amide bonds. The number of hydrogen-bond donors (Lipinski definition) is 2. The first kappa shape index (κ1) is 25.7. The van der Waals surface area contributed by atoms with Crippen LogP contribution in [0.1, 0.15) is 30.9 Å². The summed E-state index contributed by atoms with van der Waals surface area (Å²) >= 11 is 0. The molecular formula is C26H29F4N5O. The first-order chi connectivity index (χ1) is 17.1. The second-order valence-corrected chi connectivity index (χ2v) is 9.12. The SMILES string of the molecule is CCc1cc(-c2nc(Nc3ccc(N4CCC(N(C)C)CC4)c(F)c3)ncc2C(F)(F)F)ccc1O. The summed E-state index contributed by atoms with van der Waals surface area (Å²) in [4.78, 5) is 12.1. The minimum Gasteiger partial charge on any atom is -0.508 e. The predicted octanol–water partition coefficient (Wildman–Crippen LogP) is 5.84. The van der Waals surface area contributed by atoms with E-state index in [0.29, 0.717) is 35.6 Å². The van der Waals surface area contributed by atoms with Gasteiger partial charge in [-0.2, -0.15) is 13.2 Å². The summed E-state index contributed by atoms with van der Waals surface area (Å²) in [7, 11) is 4.08. The number of anilines is 3. The monoisotopic (exact) mass is 503 g/mol. The molecule has 6 nitrogen and oxygen atoms in total. The number of piperidine rings is 1. The lowest BCUT2D eigenvalue weighted by atomic mass is 10.0. The normalized spacial score (nSPS) is 14.9. The van der Waals surface area contributed by atoms with E-state index in [1.54, 1.807) is 19.1 Å². The molecule has 1 saturated heterocycles. The van der Waals surface area contributed by atoms with Gasteiger partial charge in [0.1, 0.15) is 17.1 Å². The second kappa shape index (κ2) is 10.3. The molecule has 1 fully saturated rings. The van der Waals surface area contributed by atoms with Crippen molar-refractivity contribution in [3.8, 4) is 17.0 Å². The molecule has 0 saturated carbocycles. The first-order valence-electron chi connectivity index (χ1n) is 11.8. The molecule has 2 aromatic carbocycles. The van der Waals surface area contributed by atoms with Gasteiger partial charge in [0.2, 0.25) is 5.95 Å². The third-order valence-corrected chi connectivity index (χ3v) is 6.57. The van der Waals surface area contributed by atoms with Crippen molar-refractivity contribution in [1.82, 2.24) is 14.9 Å². The molecule has 192 valence electrons. The van der Waals surface area contributed by atoms with E-state index in [-0.39, 0.29) is 23.0 Å². The molecule has 4 rings (SSSR count). The van der Waals surface area contributed by atoms with Crippen LogP contribution in [0, 0.1) is 5.82 Å². The Morgan fingerprint density at radius 1 is 1.11 bits per heavy atom. The lowest BCUT2D eigenvalue weighted by molar-refractivity contribution is -0.137. The van der Waals surface area contributed by atoms with Crippen LogP contribution in [0.2, 0.25) is 0 Å². The highest BCUT2D eigenvalue weighted by molar-refractivity contribution is 5.68. The summed E-state index contributed by atoms with van der Waals surface area (Å²) in [5, 5.41) is 12.8. The molecule has 0 bridgehead atoms. The van der Waals surface area contributed by atoms with Crippen molar-refractivity contribution in [3.05, 3.63) is 59.5 Å². The largest absolute Gasteiger partial charge is 0.508 e. The van der Waals surface area contributed by atoms with Crippen LogP contribution >= 0.6 is 0 Å². The maximum atomic E-state index is 15.0. The van der Waals surface area contributed by atoms with Crippen molar-refractivity contribution in [3.63, 3.8) is 0 Å². The molecule has 36 heavy (non-hydrogen) atoms. The Balaban J connectivity index is 1.59. The van der Waals surface area contributed by atoms with Crippen LogP contribution < -0.4 is 10.2 Å². The average Bonchev–Trinajstić information content (AvgIpc) is 2.84. The van der Waals surface area contributed by atoms with E-state index in [9.17, 15) is 22.7 Å². The second-order valence-electron chi connectivity index (χ2n) is 9.12. The molecule has 1 aliphatic heterocycles. The van der Waals surface area contributed by atoms with Gasteiger partial charge >= 0.3 is 6.18 Å². The van der Waals surface area contributed by atoms with Gasteiger partial charge in [-0.1, -0.05) is 6.92 Å². The molecule has 1 aliphatic rings. The fraction of sp³-hybridized carbons (Fsp3) is 0.385. The van der Waals surface area contributed by atoms with Crippen molar-refractivity contribution in [2.24, 2.45) is 0 Å². The van der Waals surface area contributed by atoms with Gasteiger partial charge in [-0.25, -0.2) is 14.4 Å². The third kappa shape index (κ3) is 5.53. The Hall–Kier alpha value is -3.40. The predicted molar refractivity (Wildman–Crippen MR) is 132 cm³/mol. The number of phenols is 1. The highest BCUT2D eigenvalue weighted by atomic mass is 19.4. The van der Waals surface area contributed by atoms with Gasteiger partial charge in [-0.05, 0) is 75.3 Å². The summed E-state index contributed by atoms with van der Waals surface area (Å²) in [6.07, 6.45) is -1.65. The molecule has 3 aromatic rings.